The first-order valence-electron chi connectivity index (χ1n) is 8.13. The Kier molecular flexibility index (Phi) is 4.37. The van der Waals surface area contributed by atoms with Gasteiger partial charge in [-0.25, -0.2) is 4.98 Å². The fourth-order valence-electron chi connectivity index (χ4n) is 3.30. The molecule has 5 nitrogen and oxygen atoms in total. The van der Waals surface area contributed by atoms with Gasteiger partial charge in [0.1, 0.15) is 5.75 Å². The van der Waals surface area contributed by atoms with Crippen LogP contribution in [0.4, 0.5) is 5.82 Å². The van der Waals surface area contributed by atoms with E-state index in [0.717, 1.165) is 18.6 Å². The SMILES string of the molecule is CCn1ccnc(NCC2(c3ccccc3OC)CCC2)c1=O. The second-order valence-electron chi connectivity index (χ2n) is 6.05. The van der Waals surface area contributed by atoms with Crippen LogP contribution < -0.4 is 15.6 Å². The van der Waals surface area contributed by atoms with Crippen LogP contribution in [-0.4, -0.2) is 23.2 Å². The number of rotatable bonds is 6. The molecule has 5 heteroatoms. The van der Waals surface area contributed by atoms with Crippen molar-refractivity contribution in [3.8, 4) is 5.75 Å². The Morgan fingerprint density at radius 3 is 2.78 bits per heavy atom. The molecule has 1 aromatic carbocycles. The second-order valence-corrected chi connectivity index (χ2v) is 6.05. The maximum absolute atomic E-state index is 12.3. The molecule has 23 heavy (non-hydrogen) atoms. The maximum atomic E-state index is 12.3. The van der Waals surface area contributed by atoms with Crippen LogP contribution in [-0.2, 0) is 12.0 Å². The summed E-state index contributed by atoms with van der Waals surface area (Å²) >= 11 is 0. The number of aromatic nitrogens is 2. The quantitative estimate of drug-likeness (QED) is 0.891. The van der Waals surface area contributed by atoms with Crippen molar-refractivity contribution in [1.29, 1.82) is 0 Å². The van der Waals surface area contributed by atoms with E-state index in [4.69, 9.17) is 4.74 Å². The van der Waals surface area contributed by atoms with Gasteiger partial charge in [0.05, 0.1) is 7.11 Å². The Morgan fingerprint density at radius 2 is 2.13 bits per heavy atom. The molecule has 0 radical (unpaired) electrons. The third-order valence-corrected chi connectivity index (χ3v) is 4.84. The van der Waals surface area contributed by atoms with Gasteiger partial charge in [0.2, 0.25) is 0 Å². The Labute approximate surface area is 136 Å². The summed E-state index contributed by atoms with van der Waals surface area (Å²) in [7, 11) is 1.71. The predicted octanol–water partition coefficient (Wildman–Crippen LogP) is 2.81. The highest BCUT2D eigenvalue weighted by Gasteiger charge is 2.40. The molecule has 2 aromatic rings. The van der Waals surface area contributed by atoms with Crippen molar-refractivity contribution < 1.29 is 4.74 Å². The molecular formula is C18H23N3O2. The van der Waals surface area contributed by atoms with Gasteiger partial charge in [0, 0.05) is 36.5 Å². The van der Waals surface area contributed by atoms with E-state index in [1.165, 1.54) is 12.0 Å². The van der Waals surface area contributed by atoms with Crippen LogP contribution in [0.25, 0.3) is 0 Å². The summed E-state index contributed by atoms with van der Waals surface area (Å²) in [5, 5.41) is 3.28. The van der Waals surface area contributed by atoms with Crippen LogP contribution in [0, 0.1) is 0 Å². The van der Waals surface area contributed by atoms with Crippen LogP contribution >= 0.6 is 0 Å². The Hall–Kier alpha value is -2.30. The minimum absolute atomic E-state index is 0.0214. The lowest BCUT2D eigenvalue weighted by molar-refractivity contribution is 0.250. The monoisotopic (exact) mass is 313 g/mol. The van der Waals surface area contributed by atoms with Crippen LogP contribution in [0.1, 0.15) is 31.7 Å². The predicted molar refractivity (Wildman–Crippen MR) is 91.2 cm³/mol. The first-order valence-corrected chi connectivity index (χ1v) is 8.13. The highest BCUT2D eigenvalue weighted by molar-refractivity contribution is 5.43. The number of benzene rings is 1. The Bertz CT molecular complexity index is 735. The van der Waals surface area contributed by atoms with Gasteiger partial charge >= 0.3 is 0 Å². The number of para-hydroxylation sites is 1. The van der Waals surface area contributed by atoms with Crippen molar-refractivity contribution in [2.45, 2.75) is 38.1 Å². The number of ether oxygens (including phenoxy) is 1. The zero-order valence-corrected chi connectivity index (χ0v) is 13.7. The molecule has 0 amide bonds. The van der Waals surface area contributed by atoms with Crippen molar-refractivity contribution >= 4 is 5.82 Å². The van der Waals surface area contributed by atoms with Crippen molar-refractivity contribution in [2.75, 3.05) is 19.0 Å². The molecule has 1 aromatic heterocycles. The molecular weight excluding hydrogens is 290 g/mol. The summed E-state index contributed by atoms with van der Waals surface area (Å²) in [4.78, 5) is 16.5. The van der Waals surface area contributed by atoms with Gasteiger partial charge in [-0.1, -0.05) is 24.6 Å². The third-order valence-electron chi connectivity index (χ3n) is 4.84. The second kappa shape index (κ2) is 6.44. The lowest BCUT2D eigenvalue weighted by Gasteiger charge is -2.43. The molecule has 0 bridgehead atoms. The van der Waals surface area contributed by atoms with Gasteiger partial charge in [0.25, 0.3) is 5.56 Å². The highest BCUT2D eigenvalue weighted by Crippen LogP contribution is 2.46. The number of nitrogens with zero attached hydrogens (tertiary/aromatic N) is 2. The molecule has 1 aliphatic carbocycles. The van der Waals surface area contributed by atoms with Gasteiger partial charge in [-0.15, -0.1) is 0 Å². The average molecular weight is 313 g/mol. The summed E-state index contributed by atoms with van der Waals surface area (Å²) < 4.78 is 7.19. The van der Waals surface area contributed by atoms with Gasteiger partial charge in [-0.3, -0.25) is 4.79 Å². The zero-order chi connectivity index (χ0) is 16.3. The smallest absolute Gasteiger partial charge is 0.293 e. The van der Waals surface area contributed by atoms with Crippen LogP contribution in [0.2, 0.25) is 0 Å². The van der Waals surface area contributed by atoms with Crippen molar-refractivity contribution in [3.05, 3.63) is 52.6 Å². The number of methoxy groups -OCH3 is 1. The standard InChI is InChI=1S/C18H23N3O2/c1-3-21-12-11-19-16(17(21)22)20-13-18(9-6-10-18)14-7-4-5-8-15(14)23-2/h4-5,7-8,11-12H,3,6,9-10,13H2,1-2H3,(H,19,20). The lowest BCUT2D eigenvalue weighted by atomic mass is 9.64. The molecule has 1 heterocycles. The van der Waals surface area contributed by atoms with E-state index < -0.39 is 0 Å². The molecule has 0 spiro atoms. The summed E-state index contributed by atoms with van der Waals surface area (Å²) in [5.74, 6) is 1.34. The van der Waals surface area contributed by atoms with E-state index in [1.54, 1.807) is 24.1 Å². The zero-order valence-electron chi connectivity index (χ0n) is 13.7. The van der Waals surface area contributed by atoms with E-state index in [0.29, 0.717) is 18.9 Å². The number of aryl methyl sites for hydroxylation is 1. The third kappa shape index (κ3) is 2.83. The molecule has 1 fully saturated rings. The summed E-state index contributed by atoms with van der Waals surface area (Å²) in [6, 6.07) is 8.16. The summed E-state index contributed by atoms with van der Waals surface area (Å²) in [6.07, 6.45) is 6.77. The molecule has 1 saturated carbocycles. The highest BCUT2D eigenvalue weighted by atomic mass is 16.5. The van der Waals surface area contributed by atoms with Crippen LogP contribution in [0.3, 0.4) is 0 Å². The number of hydrogen-bond donors (Lipinski definition) is 1. The molecule has 1 N–H and O–H groups in total. The first kappa shape index (κ1) is 15.6. The van der Waals surface area contributed by atoms with Crippen molar-refractivity contribution in [3.63, 3.8) is 0 Å². The van der Waals surface area contributed by atoms with Crippen molar-refractivity contribution in [2.24, 2.45) is 0 Å². The topological polar surface area (TPSA) is 56.1 Å². The molecule has 0 atom stereocenters. The largest absolute Gasteiger partial charge is 0.496 e. The van der Waals surface area contributed by atoms with E-state index in [9.17, 15) is 4.79 Å². The van der Waals surface area contributed by atoms with Crippen LogP contribution in [0.5, 0.6) is 5.75 Å². The van der Waals surface area contributed by atoms with Gasteiger partial charge in [0.15, 0.2) is 5.82 Å². The fraction of sp³-hybridized carbons (Fsp3) is 0.444. The van der Waals surface area contributed by atoms with Gasteiger partial charge < -0.3 is 14.6 Å². The maximum Gasteiger partial charge on any atom is 0.293 e. The number of nitrogens with one attached hydrogen (secondary N) is 1. The molecule has 122 valence electrons. The Morgan fingerprint density at radius 1 is 1.35 bits per heavy atom. The summed E-state index contributed by atoms with van der Waals surface area (Å²) in [5.41, 5.74) is 1.17. The number of hydrogen-bond acceptors (Lipinski definition) is 4. The molecule has 3 rings (SSSR count). The molecule has 1 aliphatic rings. The minimum Gasteiger partial charge on any atom is -0.496 e. The summed E-state index contributed by atoms with van der Waals surface area (Å²) in [6.45, 7) is 3.30. The Balaban J connectivity index is 1.85. The lowest BCUT2D eigenvalue weighted by Crippen LogP contribution is -2.42. The van der Waals surface area contributed by atoms with E-state index in [1.807, 2.05) is 25.1 Å². The van der Waals surface area contributed by atoms with E-state index >= 15 is 0 Å². The van der Waals surface area contributed by atoms with E-state index in [2.05, 4.69) is 16.4 Å². The van der Waals surface area contributed by atoms with Gasteiger partial charge in [-0.05, 0) is 25.8 Å². The molecule has 0 unspecified atom stereocenters. The number of anilines is 1. The van der Waals surface area contributed by atoms with Crippen molar-refractivity contribution in [1.82, 2.24) is 9.55 Å². The molecule has 0 saturated heterocycles. The average Bonchev–Trinajstić information content (AvgIpc) is 2.55. The van der Waals surface area contributed by atoms with Crippen LogP contribution in [0.15, 0.2) is 41.5 Å². The molecule has 0 aliphatic heterocycles. The van der Waals surface area contributed by atoms with E-state index in [-0.39, 0.29) is 11.0 Å². The normalized spacial score (nSPS) is 15.7. The fourth-order valence-corrected chi connectivity index (χ4v) is 3.30. The first-order chi connectivity index (χ1) is 11.2. The minimum atomic E-state index is -0.0653. The van der Waals surface area contributed by atoms with Gasteiger partial charge in [-0.2, -0.15) is 0 Å².